The van der Waals surface area contributed by atoms with Crippen molar-refractivity contribution in [1.29, 1.82) is 0 Å². The summed E-state index contributed by atoms with van der Waals surface area (Å²) in [5.41, 5.74) is 2.49. The van der Waals surface area contributed by atoms with Crippen LogP contribution in [0.1, 0.15) is 23.1 Å². The number of nitrogens with zero attached hydrogens (tertiary/aromatic N) is 4. The molecule has 1 aromatic heterocycles. The van der Waals surface area contributed by atoms with Gasteiger partial charge in [0.2, 0.25) is 5.82 Å². The van der Waals surface area contributed by atoms with E-state index in [4.69, 9.17) is 0 Å². The Hall–Kier alpha value is -4.26. The minimum absolute atomic E-state index is 0.0197. The number of carboxylic acids is 1. The molecule has 1 amide bonds. The molecule has 1 atom stereocenters. The highest BCUT2D eigenvalue weighted by atomic mass is 16.4. The molecule has 0 saturated heterocycles. The van der Waals surface area contributed by atoms with Gasteiger partial charge in [0.15, 0.2) is 5.82 Å². The highest BCUT2D eigenvalue weighted by Gasteiger charge is 2.26. The summed E-state index contributed by atoms with van der Waals surface area (Å²) < 4.78 is 1.64. The Morgan fingerprint density at radius 3 is 2.09 bits per heavy atom. The fourth-order valence-electron chi connectivity index (χ4n) is 3.50. The molecular weight excluding hydrogens is 416 g/mol. The number of para-hydroxylation sites is 1. The second kappa shape index (κ2) is 9.91. The van der Waals surface area contributed by atoms with Gasteiger partial charge in [-0.05, 0) is 17.7 Å². The lowest BCUT2D eigenvalue weighted by Crippen LogP contribution is -2.37. The number of aromatic nitrogens is 3. The average molecular weight is 441 g/mol. The predicted octanol–water partition coefficient (Wildman–Crippen LogP) is 4.30. The molecule has 0 unspecified atom stereocenters. The van der Waals surface area contributed by atoms with E-state index in [-0.39, 0.29) is 18.9 Å². The molecule has 4 aromatic rings. The number of hydrogen-bond donors (Lipinski definition) is 1. The predicted molar refractivity (Wildman–Crippen MR) is 125 cm³/mol. The van der Waals surface area contributed by atoms with E-state index < -0.39 is 17.8 Å². The van der Waals surface area contributed by atoms with Gasteiger partial charge in [0.25, 0.3) is 5.91 Å². The fraction of sp³-hybridized carbons (Fsp3) is 0.154. The van der Waals surface area contributed by atoms with Gasteiger partial charge in [-0.1, -0.05) is 85.8 Å². The molecule has 0 saturated carbocycles. The first-order chi connectivity index (χ1) is 16.0. The summed E-state index contributed by atoms with van der Waals surface area (Å²) in [4.78, 5) is 31.1. The molecule has 0 aliphatic carbocycles. The van der Waals surface area contributed by atoms with Crippen LogP contribution in [0.4, 0.5) is 0 Å². The molecule has 0 radical (unpaired) electrons. The quantitative estimate of drug-likeness (QED) is 0.441. The number of aliphatic carboxylic acids is 1. The number of rotatable bonds is 8. The Morgan fingerprint density at radius 2 is 1.48 bits per heavy atom. The first-order valence-electron chi connectivity index (χ1n) is 10.7. The summed E-state index contributed by atoms with van der Waals surface area (Å²) in [6.45, 7) is 1.89. The maximum Gasteiger partial charge on any atom is 0.308 e. The van der Waals surface area contributed by atoms with Gasteiger partial charge >= 0.3 is 5.97 Å². The lowest BCUT2D eigenvalue weighted by molar-refractivity contribution is -0.141. The summed E-state index contributed by atoms with van der Waals surface area (Å²) in [5, 5.41) is 14.0. The molecule has 4 rings (SSSR count). The number of hydrogen-bond acceptors (Lipinski definition) is 4. The van der Waals surface area contributed by atoms with Gasteiger partial charge in [-0.3, -0.25) is 9.59 Å². The average Bonchev–Trinajstić information content (AvgIpc) is 3.30. The molecule has 33 heavy (non-hydrogen) atoms. The lowest BCUT2D eigenvalue weighted by Gasteiger charge is -2.23. The molecule has 166 valence electrons. The molecule has 1 N–H and O–H groups in total. The Morgan fingerprint density at radius 1 is 0.909 bits per heavy atom. The van der Waals surface area contributed by atoms with Gasteiger partial charge in [-0.25, -0.2) is 9.67 Å². The summed E-state index contributed by atoms with van der Waals surface area (Å²) in [6, 6.07) is 28.5. The third-order valence-corrected chi connectivity index (χ3v) is 5.25. The van der Waals surface area contributed by atoms with Crippen LogP contribution in [0.25, 0.3) is 17.1 Å². The molecule has 0 bridgehead atoms. The molecular formula is C26H24N4O3. The normalized spacial score (nSPS) is 11.7. The zero-order valence-corrected chi connectivity index (χ0v) is 18.2. The number of carbonyl (C=O) groups excluding carboxylic acids is 1. The maximum atomic E-state index is 13.5. The SMILES string of the molecule is C[C@@H](CN(Cc1ccccc1)C(=O)c1nc(-c2ccccc2)n(-c2ccccc2)n1)C(=O)O. The lowest BCUT2D eigenvalue weighted by atomic mass is 10.1. The first kappa shape index (κ1) is 22.0. The molecule has 1 heterocycles. The molecule has 0 aliphatic rings. The van der Waals surface area contributed by atoms with E-state index >= 15 is 0 Å². The van der Waals surface area contributed by atoms with Crippen molar-refractivity contribution in [2.24, 2.45) is 5.92 Å². The minimum Gasteiger partial charge on any atom is -0.481 e. The largest absolute Gasteiger partial charge is 0.481 e. The standard InChI is InChI=1S/C26H24N4O3/c1-19(26(32)33)17-29(18-20-11-5-2-6-12-20)25(31)23-27-24(21-13-7-3-8-14-21)30(28-23)22-15-9-4-10-16-22/h2-16,19H,17-18H2,1H3,(H,32,33)/t19-/m0/s1. The summed E-state index contributed by atoms with van der Waals surface area (Å²) in [7, 11) is 0. The van der Waals surface area contributed by atoms with Crippen molar-refractivity contribution in [2.75, 3.05) is 6.54 Å². The Kier molecular flexibility index (Phi) is 6.59. The molecule has 0 spiro atoms. The summed E-state index contributed by atoms with van der Waals surface area (Å²) in [6.07, 6.45) is 0. The molecule has 7 heteroatoms. The van der Waals surface area contributed by atoms with Crippen molar-refractivity contribution < 1.29 is 14.7 Å². The number of carboxylic acid groups (broad SMARTS) is 1. The van der Waals surface area contributed by atoms with Crippen LogP contribution in [0.3, 0.4) is 0 Å². The van der Waals surface area contributed by atoms with Crippen molar-refractivity contribution in [3.05, 3.63) is 102 Å². The monoisotopic (exact) mass is 440 g/mol. The van der Waals surface area contributed by atoms with Crippen LogP contribution < -0.4 is 0 Å². The van der Waals surface area contributed by atoms with Crippen LogP contribution in [0, 0.1) is 5.92 Å². The van der Waals surface area contributed by atoms with Crippen molar-refractivity contribution in [3.63, 3.8) is 0 Å². The van der Waals surface area contributed by atoms with Gasteiger partial charge in [0.05, 0.1) is 11.6 Å². The fourth-order valence-corrected chi connectivity index (χ4v) is 3.50. The van der Waals surface area contributed by atoms with E-state index in [1.54, 1.807) is 11.6 Å². The summed E-state index contributed by atoms with van der Waals surface area (Å²) in [5.74, 6) is -1.56. The van der Waals surface area contributed by atoms with Crippen molar-refractivity contribution in [3.8, 4) is 17.1 Å². The van der Waals surface area contributed by atoms with Gasteiger partial charge in [0.1, 0.15) is 0 Å². The number of carbonyl (C=O) groups is 2. The van der Waals surface area contributed by atoms with E-state index in [9.17, 15) is 14.7 Å². The van der Waals surface area contributed by atoms with Gasteiger partial charge in [-0.15, -0.1) is 5.10 Å². The summed E-state index contributed by atoms with van der Waals surface area (Å²) >= 11 is 0. The van der Waals surface area contributed by atoms with Gasteiger partial charge in [0, 0.05) is 18.7 Å². The first-order valence-corrected chi connectivity index (χ1v) is 10.7. The molecule has 3 aromatic carbocycles. The Labute approximate surface area is 191 Å². The van der Waals surface area contributed by atoms with Crippen LogP contribution in [0.5, 0.6) is 0 Å². The molecule has 0 aliphatic heterocycles. The van der Waals surface area contributed by atoms with E-state index in [0.717, 1.165) is 16.8 Å². The van der Waals surface area contributed by atoms with Crippen molar-refractivity contribution >= 4 is 11.9 Å². The molecule has 7 nitrogen and oxygen atoms in total. The second-order valence-electron chi connectivity index (χ2n) is 7.78. The third kappa shape index (κ3) is 5.15. The van der Waals surface area contributed by atoms with E-state index in [2.05, 4.69) is 10.1 Å². The minimum atomic E-state index is -0.964. The zero-order chi connectivity index (χ0) is 23.2. The second-order valence-corrected chi connectivity index (χ2v) is 7.78. The third-order valence-electron chi connectivity index (χ3n) is 5.25. The van der Waals surface area contributed by atoms with Gasteiger partial charge < -0.3 is 10.0 Å². The smallest absolute Gasteiger partial charge is 0.308 e. The number of amides is 1. The Balaban J connectivity index is 1.74. The Bertz CT molecular complexity index is 1170. The van der Waals surface area contributed by atoms with Crippen LogP contribution >= 0.6 is 0 Å². The van der Waals surface area contributed by atoms with E-state index in [0.29, 0.717) is 5.82 Å². The van der Waals surface area contributed by atoms with Crippen LogP contribution in [-0.2, 0) is 11.3 Å². The van der Waals surface area contributed by atoms with Crippen LogP contribution in [0.2, 0.25) is 0 Å². The highest BCUT2D eigenvalue weighted by molar-refractivity contribution is 5.91. The van der Waals surface area contributed by atoms with E-state index in [1.165, 1.54) is 4.90 Å². The molecule has 0 fully saturated rings. The van der Waals surface area contributed by atoms with Gasteiger partial charge in [-0.2, -0.15) is 0 Å². The van der Waals surface area contributed by atoms with Crippen molar-refractivity contribution in [2.45, 2.75) is 13.5 Å². The zero-order valence-electron chi connectivity index (χ0n) is 18.2. The van der Waals surface area contributed by atoms with Crippen LogP contribution in [-0.4, -0.2) is 43.2 Å². The topological polar surface area (TPSA) is 88.3 Å². The van der Waals surface area contributed by atoms with Crippen molar-refractivity contribution in [1.82, 2.24) is 19.7 Å². The number of benzene rings is 3. The highest BCUT2D eigenvalue weighted by Crippen LogP contribution is 2.22. The maximum absolute atomic E-state index is 13.5. The van der Waals surface area contributed by atoms with Crippen LogP contribution in [0.15, 0.2) is 91.0 Å². The van der Waals surface area contributed by atoms with E-state index in [1.807, 2.05) is 91.0 Å².